The number of aliphatic hydroxyl groups excluding tert-OH is 1. The zero-order valence-corrected chi connectivity index (χ0v) is 29.3. The summed E-state index contributed by atoms with van der Waals surface area (Å²) in [7, 11) is 3.26. The molecular weight excluding hydrogens is 640 g/mol. The van der Waals surface area contributed by atoms with Crippen LogP contribution in [0, 0.1) is 0 Å². The van der Waals surface area contributed by atoms with E-state index in [1.807, 2.05) is 78.9 Å². The third-order valence-electron chi connectivity index (χ3n) is 8.10. The van der Waals surface area contributed by atoms with Crippen molar-refractivity contribution in [2.24, 2.45) is 0 Å². The number of benzene rings is 3. The maximum Gasteiger partial charge on any atom is 0.306 e. The second-order valence-electron chi connectivity index (χ2n) is 12.0. The second-order valence-corrected chi connectivity index (χ2v) is 12.0. The molecule has 3 aromatic carbocycles. The Labute approximate surface area is 294 Å². The van der Waals surface area contributed by atoms with Gasteiger partial charge in [0, 0.05) is 39.0 Å². The Morgan fingerprint density at radius 1 is 0.640 bits per heavy atom. The molecule has 0 aliphatic rings. The van der Waals surface area contributed by atoms with E-state index in [0.717, 1.165) is 28.2 Å². The van der Waals surface area contributed by atoms with Gasteiger partial charge < -0.3 is 39.5 Å². The first-order valence-corrected chi connectivity index (χ1v) is 17.0. The van der Waals surface area contributed by atoms with Gasteiger partial charge in [-0.2, -0.15) is 0 Å². The molecule has 0 aliphatic carbocycles. The molecule has 0 aromatic heterocycles. The van der Waals surface area contributed by atoms with Gasteiger partial charge in [0.2, 0.25) is 11.8 Å². The molecule has 11 nitrogen and oxygen atoms in total. The number of carbonyl (C=O) groups is 4. The van der Waals surface area contributed by atoms with Crippen molar-refractivity contribution in [2.45, 2.75) is 70.0 Å². The molecule has 3 aromatic rings. The van der Waals surface area contributed by atoms with E-state index in [9.17, 15) is 24.3 Å². The molecule has 0 heterocycles. The highest BCUT2D eigenvalue weighted by molar-refractivity contribution is 5.81. The topological polar surface area (TPSA) is 149 Å². The van der Waals surface area contributed by atoms with Crippen LogP contribution in [0.3, 0.4) is 0 Å². The fourth-order valence-corrected chi connectivity index (χ4v) is 5.32. The van der Waals surface area contributed by atoms with Gasteiger partial charge in [-0.05, 0) is 73.6 Å². The maximum atomic E-state index is 12.5. The molecule has 270 valence electrons. The summed E-state index contributed by atoms with van der Waals surface area (Å²) in [5.74, 6) is 0.532. The van der Waals surface area contributed by atoms with Gasteiger partial charge in [-0.1, -0.05) is 54.6 Å². The molecule has 3 rings (SSSR count). The minimum absolute atomic E-state index is 0.00523. The van der Waals surface area contributed by atoms with Crippen LogP contribution in [0.2, 0.25) is 0 Å². The third-order valence-corrected chi connectivity index (χ3v) is 8.10. The predicted octanol–water partition coefficient (Wildman–Crippen LogP) is 4.86. The van der Waals surface area contributed by atoms with Crippen molar-refractivity contribution in [3.63, 3.8) is 0 Å². The molecule has 1 unspecified atom stereocenters. The summed E-state index contributed by atoms with van der Waals surface area (Å²) < 4.78 is 22.7. The SMILES string of the molecule is COc1ccc(C(OCCCCC(=O)NCC(O)CNC(=O)CCCCOC(=O)CCC(C)=O)(c2ccccc2)c2ccc(OC)cc2)cc1. The van der Waals surface area contributed by atoms with Crippen LogP contribution in [-0.4, -0.2) is 75.3 Å². The van der Waals surface area contributed by atoms with Gasteiger partial charge in [0.05, 0.1) is 33.4 Å². The second kappa shape index (κ2) is 21.4. The minimum atomic E-state index is -0.936. The van der Waals surface area contributed by atoms with Gasteiger partial charge in [0.15, 0.2) is 0 Å². The van der Waals surface area contributed by atoms with E-state index in [2.05, 4.69) is 10.6 Å². The molecule has 0 saturated heterocycles. The van der Waals surface area contributed by atoms with Crippen molar-refractivity contribution in [3.8, 4) is 11.5 Å². The molecule has 50 heavy (non-hydrogen) atoms. The van der Waals surface area contributed by atoms with E-state index < -0.39 is 17.7 Å². The summed E-state index contributed by atoms with van der Waals surface area (Å²) >= 11 is 0. The average Bonchev–Trinajstić information content (AvgIpc) is 3.14. The number of rotatable bonds is 23. The number of aliphatic hydroxyl groups is 1. The van der Waals surface area contributed by atoms with Gasteiger partial charge in [-0.25, -0.2) is 0 Å². The zero-order valence-electron chi connectivity index (χ0n) is 29.3. The van der Waals surface area contributed by atoms with E-state index in [-0.39, 0.29) is 63.0 Å². The lowest BCUT2D eigenvalue weighted by atomic mass is 9.80. The molecular formula is C39H50N2O9. The number of hydrogen-bond acceptors (Lipinski definition) is 9. The first kappa shape index (κ1) is 39.7. The quantitative estimate of drug-likeness (QED) is 0.0721. The van der Waals surface area contributed by atoms with Gasteiger partial charge in [-0.15, -0.1) is 0 Å². The molecule has 11 heteroatoms. The van der Waals surface area contributed by atoms with Crippen LogP contribution in [0.15, 0.2) is 78.9 Å². The van der Waals surface area contributed by atoms with Crippen molar-refractivity contribution in [2.75, 3.05) is 40.5 Å². The van der Waals surface area contributed by atoms with Crippen LogP contribution in [0.5, 0.6) is 11.5 Å². The Balaban J connectivity index is 1.44. The number of nitrogens with one attached hydrogen (secondary N) is 2. The zero-order chi connectivity index (χ0) is 36.2. The largest absolute Gasteiger partial charge is 0.497 e. The van der Waals surface area contributed by atoms with Crippen LogP contribution in [0.4, 0.5) is 0 Å². The Morgan fingerprint density at radius 2 is 1.12 bits per heavy atom. The lowest BCUT2D eigenvalue weighted by Gasteiger charge is -2.36. The predicted molar refractivity (Wildman–Crippen MR) is 189 cm³/mol. The van der Waals surface area contributed by atoms with Crippen molar-refractivity contribution in [1.29, 1.82) is 0 Å². The van der Waals surface area contributed by atoms with Crippen LogP contribution in [-0.2, 0) is 34.3 Å². The highest BCUT2D eigenvalue weighted by atomic mass is 16.5. The van der Waals surface area contributed by atoms with Gasteiger partial charge in [0.1, 0.15) is 22.9 Å². The number of esters is 1. The number of ketones is 1. The molecule has 3 N–H and O–H groups in total. The van der Waals surface area contributed by atoms with Gasteiger partial charge in [0.25, 0.3) is 0 Å². The Kier molecular flexibility index (Phi) is 17.0. The number of unbranched alkanes of at least 4 members (excludes halogenated alkanes) is 2. The maximum absolute atomic E-state index is 12.5. The summed E-state index contributed by atoms with van der Waals surface area (Å²) in [6, 6.07) is 25.6. The van der Waals surface area contributed by atoms with Crippen molar-refractivity contribution >= 4 is 23.6 Å². The Hall–Kier alpha value is -4.74. The van der Waals surface area contributed by atoms with E-state index in [0.29, 0.717) is 32.3 Å². The molecule has 2 amide bonds. The third kappa shape index (κ3) is 12.9. The van der Waals surface area contributed by atoms with Crippen LogP contribution < -0.4 is 20.1 Å². The summed E-state index contributed by atoms with van der Waals surface area (Å²) in [6.07, 6.45) is 1.96. The number of carbonyl (C=O) groups excluding carboxylic acids is 4. The lowest BCUT2D eigenvalue weighted by molar-refractivity contribution is -0.144. The van der Waals surface area contributed by atoms with Crippen molar-refractivity contribution in [3.05, 3.63) is 95.6 Å². The fourth-order valence-electron chi connectivity index (χ4n) is 5.32. The first-order chi connectivity index (χ1) is 24.2. The van der Waals surface area contributed by atoms with Crippen molar-refractivity contribution in [1.82, 2.24) is 10.6 Å². The monoisotopic (exact) mass is 690 g/mol. The molecule has 0 spiro atoms. The van der Waals surface area contributed by atoms with Crippen molar-refractivity contribution < 1.29 is 43.2 Å². The number of methoxy groups -OCH3 is 2. The number of hydrogen-bond donors (Lipinski definition) is 3. The van der Waals surface area contributed by atoms with E-state index in [1.54, 1.807) is 14.2 Å². The molecule has 0 bridgehead atoms. The van der Waals surface area contributed by atoms with Gasteiger partial charge in [-0.3, -0.25) is 14.4 Å². The Bertz CT molecular complexity index is 1430. The van der Waals surface area contributed by atoms with E-state index >= 15 is 0 Å². The minimum Gasteiger partial charge on any atom is -0.497 e. The molecule has 1 atom stereocenters. The van der Waals surface area contributed by atoms with E-state index in [4.69, 9.17) is 18.9 Å². The summed E-state index contributed by atoms with van der Waals surface area (Å²) in [6.45, 7) is 1.99. The average molecular weight is 691 g/mol. The highest BCUT2D eigenvalue weighted by Crippen LogP contribution is 2.41. The summed E-state index contributed by atoms with van der Waals surface area (Å²) in [5, 5.41) is 15.6. The Morgan fingerprint density at radius 3 is 1.60 bits per heavy atom. The number of amides is 2. The van der Waals surface area contributed by atoms with Gasteiger partial charge >= 0.3 is 5.97 Å². The smallest absolute Gasteiger partial charge is 0.306 e. The highest BCUT2D eigenvalue weighted by Gasteiger charge is 2.37. The number of Topliss-reactive ketones (excluding diaryl/α,β-unsaturated/α-hetero) is 1. The number of ether oxygens (including phenoxy) is 4. The molecule has 0 radical (unpaired) electrons. The lowest BCUT2D eigenvalue weighted by Crippen LogP contribution is -2.39. The molecule has 0 saturated carbocycles. The first-order valence-electron chi connectivity index (χ1n) is 17.0. The van der Waals surface area contributed by atoms with Crippen LogP contribution >= 0.6 is 0 Å². The molecule has 0 fully saturated rings. The molecule has 0 aliphatic heterocycles. The normalized spacial score (nSPS) is 11.7. The summed E-state index contributed by atoms with van der Waals surface area (Å²) in [5.41, 5.74) is 1.88. The van der Waals surface area contributed by atoms with Crippen LogP contribution in [0.1, 0.15) is 75.0 Å². The standard InChI is InChI=1S/C39H50N2O9/c1-29(42)15-24-38(46)49-25-9-7-13-36(44)40-27-33(43)28-41-37(45)14-8-10-26-50-39(30-11-5-4-6-12-30,31-16-20-34(47-2)21-17-31)32-18-22-35(48-3)23-19-32/h4-6,11-12,16-23,33,43H,7-10,13-15,24-28H2,1-3H3,(H,40,44)(H,41,45). The summed E-state index contributed by atoms with van der Waals surface area (Å²) in [4.78, 5) is 47.0. The van der Waals surface area contributed by atoms with E-state index in [1.165, 1.54) is 6.92 Å². The van der Waals surface area contributed by atoms with Crippen LogP contribution in [0.25, 0.3) is 0 Å². The fraction of sp³-hybridized carbons (Fsp3) is 0.436.